The molecule has 0 aliphatic heterocycles. The number of hydrogen-bond donors (Lipinski definition) is 1. The highest BCUT2D eigenvalue weighted by Gasteiger charge is 2.23. The zero-order chi connectivity index (χ0) is 13.2. The summed E-state index contributed by atoms with van der Waals surface area (Å²) in [7, 11) is 2.28. The van der Waals surface area contributed by atoms with Gasteiger partial charge in [0.2, 0.25) is 0 Å². The second kappa shape index (κ2) is 5.54. The largest absolute Gasteiger partial charge is 0.371 e. The van der Waals surface area contributed by atoms with Crippen LogP contribution in [0.4, 0.5) is 5.69 Å². The Bertz CT molecular complexity index is 431. The van der Waals surface area contributed by atoms with Crippen molar-refractivity contribution in [3.63, 3.8) is 0 Å². The normalized spacial score (nSPS) is 19.9. The molecule has 0 atom stereocenters. The Morgan fingerprint density at radius 2 is 1.89 bits per heavy atom. The zero-order valence-corrected chi connectivity index (χ0v) is 12.3. The lowest BCUT2D eigenvalue weighted by atomic mass is 10.1. The SMILES string of the molecule is Cc1ccc(N(C)C2CCCC2)c(CNC2CC2)c1. The Morgan fingerprint density at radius 1 is 1.16 bits per heavy atom. The molecule has 2 fully saturated rings. The summed E-state index contributed by atoms with van der Waals surface area (Å²) in [5.74, 6) is 0. The Kier molecular flexibility index (Phi) is 3.79. The van der Waals surface area contributed by atoms with Crippen molar-refractivity contribution in [3.8, 4) is 0 Å². The predicted molar refractivity (Wildman–Crippen MR) is 81.7 cm³/mol. The second-order valence-corrected chi connectivity index (χ2v) is 6.34. The molecule has 1 aromatic rings. The fourth-order valence-corrected chi connectivity index (χ4v) is 3.23. The van der Waals surface area contributed by atoms with Crippen LogP contribution in [-0.2, 0) is 6.54 Å². The van der Waals surface area contributed by atoms with E-state index in [-0.39, 0.29) is 0 Å². The predicted octanol–water partition coefficient (Wildman–Crippen LogP) is 3.63. The highest BCUT2D eigenvalue weighted by molar-refractivity contribution is 5.55. The van der Waals surface area contributed by atoms with Gasteiger partial charge in [0.15, 0.2) is 0 Å². The molecule has 19 heavy (non-hydrogen) atoms. The molecule has 2 aliphatic carbocycles. The van der Waals surface area contributed by atoms with E-state index in [1.54, 1.807) is 0 Å². The van der Waals surface area contributed by atoms with Gasteiger partial charge in [-0.1, -0.05) is 30.5 Å². The Hall–Kier alpha value is -1.02. The summed E-state index contributed by atoms with van der Waals surface area (Å²) in [6, 6.07) is 8.46. The molecule has 2 saturated carbocycles. The highest BCUT2D eigenvalue weighted by Crippen LogP contribution is 2.30. The van der Waals surface area contributed by atoms with E-state index in [9.17, 15) is 0 Å². The molecule has 0 heterocycles. The van der Waals surface area contributed by atoms with Crippen LogP contribution >= 0.6 is 0 Å². The van der Waals surface area contributed by atoms with Gasteiger partial charge >= 0.3 is 0 Å². The summed E-state index contributed by atoms with van der Waals surface area (Å²) in [6.07, 6.45) is 8.24. The number of benzene rings is 1. The number of aryl methyl sites for hydroxylation is 1. The van der Waals surface area contributed by atoms with Gasteiger partial charge in [0, 0.05) is 31.4 Å². The average Bonchev–Trinajstić information content (AvgIpc) is 3.07. The maximum absolute atomic E-state index is 3.66. The van der Waals surface area contributed by atoms with Gasteiger partial charge in [0.25, 0.3) is 0 Å². The quantitative estimate of drug-likeness (QED) is 0.867. The number of anilines is 1. The van der Waals surface area contributed by atoms with E-state index in [1.165, 1.54) is 55.3 Å². The smallest absolute Gasteiger partial charge is 0.0411 e. The molecule has 3 rings (SSSR count). The van der Waals surface area contributed by atoms with E-state index in [0.29, 0.717) is 0 Å². The number of hydrogen-bond acceptors (Lipinski definition) is 2. The van der Waals surface area contributed by atoms with Gasteiger partial charge in [-0.05, 0) is 44.2 Å². The van der Waals surface area contributed by atoms with Gasteiger partial charge in [-0.2, -0.15) is 0 Å². The Labute approximate surface area is 117 Å². The Balaban J connectivity index is 1.76. The summed E-state index contributed by atoms with van der Waals surface area (Å²) in [5, 5.41) is 3.66. The van der Waals surface area contributed by atoms with Crippen molar-refractivity contribution in [2.75, 3.05) is 11.9 Å². The van der Waals surface area contributed by atoms with Gasteiger partial charge in [-0.15, -0.1) is 0 Å². The van der Waals surface area contributed by atoms with Crippen LogP contribution in [-0.4, -0.2) is 19.1 Å². The second-order valence-electron chi connectivity index (χ2n) is 6.34. The Morgan fingerprint density at radius 3 is 2.58 bits per heavy atom. The summed E-state index contributed by atoms with van der Waals surface area (Å²) in [5.41, 5.74) is 4.28. The maximum atomic E-state index is 3.66. The molecule has 1 N–H and O–H groups in total. The third kappa shape index (κ3) is 3.11. The molecule has 0 amide bonds. The zero-order valence-electron chi connectivity index (χ0n) is 12.3. The van der Waals surface area contributed by atoms with Gasteiger partial charge in [-0.25, -0.2) is 0 Å². The van der Waals surface area contributed by atoms with Crippen LogP contribution in [0, 0.1) is 6.92 Å². The average molecular weight is 258 g/mol. The van der Waals surface area contributed by atoms with Crippen LogP contribution in [0.25, 0.3) is 0 Å². The van der Waals surface area contributed by atoms with Crippen LogP contribution in [0.3, 0.4) is 0 Å². The highest BCUT2D eigenvalue weighted by atomic mass is 15.1. The van der Waals surface area contributed by atoms with Crippen LogP contribution in [0.15, 0.2) is 18.2 Å². The molecule has 104 valence electrons. The topological polar surface area (TPSA) is 15.3 Å². The van der Waals surface area contributed by atoms with E-state index in [0.717, 1.165) is 18.6 Å². The summed E-state index contributed by atoms with van der Waals surface area (Å²) >= 11 is 0. The minimum atomic E-state index is 0.752. The summed E-state index contributed by atoms with van der Waals surface area (Å²) < 4.78 is 0. The first-order chi connectivity index (χ1) is 9.24. The fourth-order valence-electron chi connectivity index (χ4n) is 3.23. The van der Waals surface area contributed by atoms with Crippen molar-refractivity contribution < 1.29 is 0 Å². The molecule has 0 aromatic heterocycles. The lowest BCUT2D eigenvalue weighted by Gasteiger charge is -2.29. The molecule has 2 aliphatic rings. The molecule has 2 heteroatoms. The van der Waals surface area contributed by atoms with Crippen molar-refractivity contribution in [1.82, 2.24) is 5.32 Å². The van der Waals surface area contributed by atoms with E-state index >= 15 is 0 Å². The van der Waals surface area contributed by atoms with Crippen molar-refractivity contribution in [1.29, 1.82) is 0 Å². The molecule has 1 aromatic carbocycles. The first-order valence-electron chi connectivity index (χ1n) is 7.80. The van der Waals surface area contributed by atoms with E-state index in [4.69, 9.17) is 0 Å². The molecular formula is C17H26N2. The summed E-state index contributed by atoms with van der Waals surface area (Å²) in [4.78, 5) is 2.52. The van der Waals surface area contributed by atoms with Crippen LogP contribution in [0.2, 0.25) is 0 Å². The lowest BCUT2D eigenvalue weighted by Crippen LogP contribution is -2.30. The van der Waals surface area contributed by atoms with Crippen molar-refractivity contribution in [3.05, 3.63) is 29.3 Å². The maximum Gasteiger partial charge on any atom is 0.0411 e. The van der Waals surface area contributed by atoms with Gasteiger partial charge < -0.3 is 10.2 Å². The molecule has 0 saturated heterocycles. The van der Waals surface area contributed by atoms with Gasteiger partial charge in [0.05, 0.1) is 0 Å². The van der Waals surface area contributed by atoms with Crippen LogP contribution in [0.5, 0.6) is 0 Å². The van der Waals surface area contributed by atoms with E-state index < -0.39 is 0 Å². The first-order valence-corrected chi connectivity index (χ1v) is 7.80. The van der Waals surface area contributed by atoms with Crippen LogP contribution < -0.4 is 10.2 Å². The van der Waals surface area contributed by atoms with Crippen LogP contribution in [0.1, 0.15) is 49.7 Å². The third-order valence-corrected chi connectivity index (χ3v) is 4.65. The molecule has 0 radical (unpaired) electrons. The lowest BCUT2D eigenvalue weighted by molar-refractivity contribution is 0.641. The molecular weight excluding hydrogens is 232 g/mol. The van der Waals surface area contributed by atoms with E-state index in [1.807, 2.05) is 0 Å². The van der Waals surface area contributed by atoms with Crippen molar-refractivity contribution >= 4 is 5.69 Å². The first kappa shape index (κ1) is 13.0. The van der Waals surface area contributed by atoms with Gasteiger partial charge in [0.1, 0.15) is 0 Å². The molecule has 0 unspecified atom stereocenters. The van der Waals surface area contributed by atoms with E-state index in [2.05, 4.69) is 42.4 Å². The van der Waals surface area contributed by atoms with Crippen molar-refractivity contribution in [2.45, 2.75) is 64.1 Å². The third-order valence-electron chi connectivity index (χ3n) is 4.65. The van der Waals surface area contributed by atoms with Crippen molar-refractivity contribution in [2.24, 2.45) is 0 Å². The number of nitrogens with one attached hydrogen (secondary N) is 1. The fraction of sp³-hybridized carbons (Fsp3) is 0.647. The monoisotopic (exact) mass is 258 g/mol. The number of rotatable bonds is 5. The minimum absolute atomic E-state index is 0.752. The minimum Gasteiger partial charge on any atom is -0.371 e. The summed E-state index contributed by atoms with van der Waals surface area (Å²) in [6.45, 7) is 3.22. The van der Waals surface area contributed by atoms with Gasteiger partial charge in [-0.3, -0.25) is 0 Å². The molecule has 0 spiro atoms. The number of nitrogens with zero attached hydrogens (tertiary/aromatic N) is 1. The molecule has 0 bridgehead atoms. The molecule has 2 nitrogen and oxygen atoms in total. The standard InChI is InChI=1S/C17H26N2/c1-13-7-10-17(19(2)16-5-3-4-6-16)14(11-13)12-18-15-8-9-15/h7,10-11,15-16,18H,3-6,8-9,12H2,1-2H3.